The number of halogens is 2. The van der Waals surface area contributed by atoms with Crippen LogP contribution < -0.4 is 11.2 Å². The van der Waals surface area contributed by atoms with E-state index in [0.717, 1.165) is 12.0 Å². The van der Waals surface area contributed by atoms with Crippen LogP contribution in [0.15, 0.2) is 88.1 Å². The van der Waals surface area contributed by atoms with Crippen LogP contribution in [-0.2, 0) is 0 Å². The maximum absolute atomic E-state index is 14.0. The van der Waals surface area contributed by atoms with Crippen LogP contribution >= 0.6 is 34.2 Å². The Hall–Kier alpha value is -2.68. The summed E-state index contributed by atoms with van der Waals surface area (Å²) in [6, 6.07) is 23.9. The van der Waals surface area contributed by atoms with Crippen LogP contribution in [0.1, 0.15) is 57.0 Å². The first-order valence-electron chi connectivity index (χ1n) is 12.8. The van der Waals surface area contributed by atoms with E-state index in [4.69, 9.17) is 21.8 Å². The number of nitrogens with zero attached hydrogens (tertiary/aromatic N) is 1. The minimum absolute atomic E-state index is 0.0379. The van der Waals surface area contributed by atoms with Gasteiger partial charge >= 0.3 is 0 Å². The molecule has 5 nitrogen and oxygen atoms in total. The molecule has 1 aromatic heterocycles. The number of rotatable bonds is 10. The Morgan fingerprint density at radius 2 is 1.76 bits per heavy atom. The predicted octanol–water partition coefficient (Wildman–Crippen LogP) is 7.49. The molecule has 198 valence electrons. The third-order valence-electron chi connectivity index (χ3n) is 6.78. The van der Waals surface area contributed by atoms with Gasteiger partial charge in [-0.05, 0) is 62.1 Å². The lowest BCUT2D eigenvalue weighted by Crippen LogP contribution is -2.40. The van der Waals surface area contributed by atoms with Crippen molar-refractivity contribution < 1.29 is 9.21 Å². The number of hydrogen-bond acceptors (Lipinski definition) is 4. The summed E-state index contributed by atoms with van der Waals surface area (Å²) in [5.74, 6) is 0.296. The van der Waals surface area contributed by atoms with Crippen molar-refractivity contribution >= 4 is 51.1 Å². The van der Waals surface area contributed by atoms with Gasteiger partial charge in [0.1, 0.15) is 11.3 Å². The van der Waals surface area contributed by atoms with E-state index in [2.05, 4.69) is 41.6 Å². The lowest BCUT2D eigenvalue weighted by atomic mass is 9.90. The molecule has 2 N–H and O–H groups in total. The average Bonchev–Trinajstić information content (AvgIpc) is 2.91. The summed E-state index contributed by atoms with van der Waals surface area (Å²) in [5, 5.41) is 0.938. The van der Waals surface area contributed by atoms with Crippen molar-refractivity contribution in [3.8, 4) is 0 Å². The monoisotopic (exact) mass is 642 g/mol. The van der Waals surface area contributed by atoms with E-state index in [9.17, 15) is 9.59 Å². The predicted molar refractivity (Wildman–Crippen MR) is 163 cm³/mol. The van der Waals surface area contributed by atoms with Crippen LogP contribution in [0.3, 0.4) is 0 Å². The molecule has 38 heavy (non-hydrogen) atoms. The highest BCUT2D eigenvalue weighted by Crippen LogP contribution is 2.39. The van der Waals surface area contributed by atoms with Gasteiger partial charge in [0.15, 0.2) is 5.43 Å². The van der Waals surface area contributed by atoms with Gasteiger partial charge in [0.25, 0.3) is 5.91 Å². The van der Waals surface area contributed by atoms with Gasteiger partial charge in [-0.2, -0.15) is 0 Å². The van der Waals surface area contributed by atoms with Crippen LogP contribution in [0.25, 0.3) is 11.0 Å². The molecule has 2 unspecified atom stereocenters. The third-order valence-corrected chi connectivity index (χ3v) is 8.24. The van der Waals surface area contributed by atoms with Gasteiger partial charge in [-0.3, -0.25) is 9.59 Å². The maximum atomic E-state index is 14.0. The Labute approximate surface area is 242 Å². The quantitative estimate of drug-likeness (QED) is 0.144. The summed E-state index contributed by atoms with van der Waals surface area (Å²) >= 11 is 8.69. The molecular weight excluding hydrogens is 611 g/mol. The number of hydrogen-bond donors (Lipinski definition) is 1. The van der Waals surface area contributed by atoms with E-state index in [-0.39, 0.29) is 21.2 Å². The number of carbonyl (C=O) groups excluding carboxylic acids is 1. The molecule has 4 aromatic rings. The van der Waals surface area contributed by atoms with Gasteiger partial charge in [-0.15, -0.1) is 0 Å². The van der Waals surface area contributed by atoms with Crippen molar-refractivity contribution in [2.24, 2.45) is 11.7 Å². The van der Waals surface area contributed by atoms with E-state index in [1.165, 1.54) is 11.6 Å². The third kappa shape index (κ3) is 6.65. The van der Waals surface area contributed by atoms with E-state index in [1.54, 1.807) is 18.2 Å². The van der Waals surface area contributed by atoms with Crippen LogP contribution in [0.4, 0.5) is 0 Å². The number of benzene rings is 3. The summed E-state index contributed by atoms with van der Waals surface area (Å²) in [6.45, 7) is 4.98. The molecule has 0 fully saturated rings. The summed E-state index contributed by atoms with van der Waals surface area (Å²) in [5.41, 5.74) is 9.02. The van der Waals surface area contributed by atoms with Crippen LogP contribution in [0, 0.1) is 12.8 Å². The second-order valence-electron chi connectivity index (χ2n) is 9.70. The van der Waals surface area contributed by atoms with Crippen molar-refractivity contribution in [2.75, 3.05) is 13.1 Å². The second-order valence-corrected chi connectivity index (χ2v) is 11.6. The zero-order valence-corrected chi connectivity index (χ0v) is 24.5. The fourth-order valence-corrected chi connectivity index (χ4v) is 6.16. The fraction of sp³-hybridized carbons (Fsp3) is 0.290. The summed E-state index contributed by atoms with van der Waals surface area (Å²) in [7, 11) is 0. The highest BCUT2D eigenvalue weighted by molar-refractivity contribution is 14.1. The molecule has 1 amide bonds. The van der Waals surface area contributed by atoms with Crippen LogP contribution in [-0.4, -0.2) is 23.9 Å². The molecule has 3 atom stereocenters. The van der Waals surface area contributed by atoms with Gasteiger partial charge in [0.05, 0.1) is 11.4 Å². The zero-order valence-electron chi connectivity index (χ0n) is 21.6. The Morgan fingerprint density at radius 3 is 2.45 bits per heavy atom. The van der Waals surface area contributed by atoms with E-state index >= 15 is 0 Å². The molecule has 1 heterocycles. The average molecular weight is 643 g/mol. The van der Waals surface area contributed by atoms with Crippen molar-refractivity contribution in [1.29, 1.82) is 0 Å². The first kappa shape index (κ1) is 28.3. The zero-order chi connectivity index (χ0) is 27.2. The second kappa shape index (κ2) is 12.9. The fourth-order valence-electron chi connectivity index (χ4n) is 4.78. The van der Waals surface area contributed by atoms with Crippen molar-refractivity contribution in [1.82, 2.24) is 4.90 Å². The summed E-state index contributed by atoms with van der Waals surface area (Å²) < 4.78 is 6.56. The van der Waals surface area contributed by atoms with Crippen molar-refractivity contribution in [3.63, 3.8) is 0 Å². The molecular formula is C31H32ClIN2O3. The van der Waals surface area contributed by atoms with E-state index in [1.807, 2.05) is 54.3 Å². The van der Waals surface area contributed by atoms with E-state index in [0.29, 0.717) is 46.8 Å². The lowest BCUT2D eigenvalue weighted by molar-refractivity contribution is 0.0569. The Morgan fingerprint density at radius 1 is 1.05 bits per heavy atom. The van der Waals surface area contributed by atoms with Crippen molar-refractivity contribution in [2.45, 2.75) is 36.7 Å². The van der Waals surface area contributed by atoms with Gasteiger partial charge in [0, 0.05) is 33.2 Å². The van der Waals surface area contributed by atoms with Crippen LogP contribution in [0.5, 0.6) is 0 Å². The minimum atomic E-state index is -0.479. The van der Waals surface area contributed by atoms with Gasteiger partial charge < -0.3 is 15.1 Å². The molecule has 0 spiro atoms. The van der Waals surface area contributed by atoms with Gasteiger partial charge in [-0.1, -0.05) is 89.1 Å². The maximum Gasteiger partial charge on any atom is 0.254 e. The molecule has 0 bridgehead atoms. The standard InChI is InChI=1S/C31H32ClIN2O3/c1-20-9-11-23(12-10-20)31(37)35(16-6-15-34)30(21(2)17-26(33)22-7-4-3-5-8-22)29-19-27(36)25-14-13-24(32)18-28(25)38-29/h3-5,7-14,18-19,21,26,30H,6,15-17,34H2,1-2H3/t21?,26?,30-/m1/s1. The Kier molecular flexibility index (Phi) is 9.63. The number of alkyl halides is 1. The molecule has 7 heteroatoms. The lowest BCUT2D eigenvalue weighted by Gasteiger charge is -2.36. The Balaban J connectivity index is 1.82. The minimum Gasteiger partial charge on any atom is -0.459 e. The van der Waals surface area contributed by atoms with Crippen molar-refractivity contribution in [3.05, 3.63) is 117 Å². The smallest absolute Gasteiger partial charge is 0.254 e. The normalized spacial score (nSPS) is 13.7. The van der Waals surface area contributed by atoms with Crippen LogP contribution in [0.2, 0.25) is 5.02 Å². The number of carbonyl (C=O) groups is 1. The molecule has 0 radical (unpaired) electrons. The summed E-state index contributed by atoms with van der Waals surface area (Å²) in [6.07, 6.45) is 1.39. The highest BCUT2D eigenvalue weighted by Gasteiger charge is 2.34. The van der Waals surface area contributed by atoms with Gasteiger partial charge in [-0.25, -0.2) is 0 Å². The highest BCUT2D eigenvalue weighted by atomic mass is 127. The molecule has 0 aliphatic rings. The number of amides is 1. The SMILES string of the molecule is Cc1ccc(C(=O)N(CCCN)[C@@H](c2cc(=O)c3ccc(Cl)cc3o2)C(C)CC(I)c2ccccc2)cc1. The van der Waals surface area contributed by atoms with E-state index < -0.39 is 6.04 Å². The molecule has 3 aromatic carbocycles. The molecule has 0 saturated carbocycles. The molecule has 0 aliphatic carbocycles. The number of nitrogens with two attached hydrogens (primary N) is 1. The Bertz CT molecular complexity index is 1440. The van der Waals surface area contributed by atoms with Gasteiger partial charge in [0.2, 0.25) is 0 Å². The number of aryl methyl sites for hydroxylation is 1. The first-order valence-corrected chi connectivity index (χ1v) is 14.4. The molecule has 0 aliphatic heterocycles. The largest absolute Gasteiger partial charge is 0.459 e. The molecule has 4 rings (SSSR count). The number of fused-ring (bicyclic) bond motifs is 1. The molecule has 0 saturated heterocycles. The first-order chi connectivity index (χ1) is 18.3. The summed E-state index contributed by atoms with van der Waals surface area (Å²) in [4.78, 5) is 29.0. The topological polar surface area (TPSA) is 76.5 Å².